The molecule has 0 aromatic heterocycles. The van der Waals surface area contributed by atoms with Crippen LogP contribution in [0.5, 0.6) is 0 Å². The molecule has 0 spiro atoms. The van der Waals surface area contributed by atoms with Crippen LogP contribution in [0.4, 0.5) is 11.4 Å². The van der Waals surface area contributed by atoms with Crippen LogP contribution >= 0.6 is 15.9 Å². The van der Waals surface area contributed by atoms with Gasteiger partial charge in [-0.2, -0.15) is 5.10 Å². The number of hydrogen-bond donors (Lipinski definition) is 3. The molecule has 0 atom stereocenters. The lowest BCUT2D eigenvalue weighted by molar-refractivity contribution is -0.136. The maximum Gasteiger partial charge on any atom is 0.329 e. The molecule has 0 saturated carbocycles. The molecule has 3 aromatic carbocycles. The molecular weight excluding hydrogens is 460 g/mol. The number of anilines is 2. The number of carbonyl (C=O) groups is 3. The Morgan fingerprint density at radius 2 is 1.65 bits per heavy atom. The lowest BCUT2D eigenvalue weighted by Gasteiger charge is -2.11. The van der Waals surface area contributed by atoms with E-state index in [0.717, 1.165) is 15.6 Å². The van der Waals surface area contributed by atoms with Crippen LogP contribution in [-0.2, 0) is 9.59 Å². The quantitative estimate of drug-likeness (QED) is 0.292. The van der Waals surface area contributed by atoms with E-state index in [1.165, 1.54) is 6.21 Å². The molecule has 0 aliphatic carbocycles. The van der Waals surface area contributed by atoms with Gasteiger partial charge in [0.25, 0.3) is 5.91 Å². The highest BCUT2D eigenvalue weighted by Crippen LogP contribution is 2.18. The molecule has 3 N–H and O–H groups in total. The summed E-state index contributed by atoms with van der Waals surface area (Å²) in [6.07, 6.45) is 1.42. The molecule has 0 radical (unpaired) electrons. The average molecular weight is 479 g/mol. The summed E-state index contributed by atoms with van der Waals surface area (Å²) in [7, 11) is 0. The molecule has 3 aromatic rings. The van der Waals surface area contributed by atoms with E-state index in [1.807, 2.05) is 37.3 Å². The summed E-state index contributed by atoms with van der Waals surface area (Å²) in [5.41, 5.74) is 4.98. The van der Waals surface area contributed by atoms with Gasteiger partial charge in [0.15, 0.2) is 0 Å². The highest BCUT2D eigenvalue weighted by Gasteiger charge is 2.17. The van der Waals surface area contributed by atoms with E-state index in [2.05, 4.69) is 37.1 Å². The fourth-order valence-corrected chi connectivity index (χ4v) is 3.11. The molecule has 31 heavy (non-hydrogen) atoms. The van der Waals surface area contributed by atoms with E-state index in [-0.39, 0.29) is 11.3 Å². The van der Waals surface area contributed by atoms with E-state index in [4.69, 9.17) is 0 Å². The highest BCUT2D eigenvalue weighted by atomic mass is 79.9. The van der Waals surface area contributed by atoms with Gasteiger partial charge in [-0.05, 0) is 54.4 Å². The molecule has 8 heteroatoms. The van der Waals surface area contributed by atoms with Gasteiger partial charge in [-0.15, -0.1) is 0 Å². The second kappa shape index (κ2) is 10.3. The molecular formula is C23H19BrN4O3. The van der Waals surface area contributed by atoms with Crippen molar-refractivity contribution >= 4 is 51.2 Å². The SMILES string of the molecule is Cc1cccc(NC(=O)c2ccccc2NC(=O)C(=O)NN=Cc2cccc(Br)c2)c1. The third-order valence-corrected chi connectivity index (χ3v) is 4.62. The largest absolute Gasteiger partial charge is 0.329 e. The maximum absolute atomic E-state index is 12.7. The van der Waals surface area contributed by atoms with Crippen LogP contribution in [0.15, 0.2) is 82.4 Å². The van der Waals surface area contributed by atoms with Gasteiger partial charge < -0.3 is 10.6 Å². The Bertz CT molecular complexity index is 1160. The van der Waals surface area contributed by atoms with Crippen molar-refractivity contribution in [1.82, 2.24) is 5.43 Å². The summed E-state index contributed by atoms with van der Waals surface area (Å²) in [5.74, 6) is -2.31. The van der Waals surface area contributed by atoms with Crippen LogP contribution in [-0.4, -0.2) is 23.9 Å². The fraction of sp³-hybridized carbons (Fsp3) is 0.0435. The lowest BCUT2D eigenvalue weighted by atomic mass is 10.1. The maximum atomic E-state index is 12.7. The van der Waals surface area contributed by atoms with Crippen molar-refractivity contribution in [2.45, 2.75) is 6.92 Å². The fourth-order valence-electron chi connectivity index (χ4n) is 2.69. The number of benzene rings is 3. The Balaban J connectivity index is 1.64. The van der Waals surface area contributed by atoms with Gasteiger partial charge in [0.2, 0.25) is 0 Å². The third-order valence-electron chi connectivity index (χ3n) is 4.13. The molecule has 3 rings (SSSR count). The first kappa shape index (κ1) is 21.9. The van der Waals surface area contributed by atoms with E-state index in [9.17, 15) is 14.4 Å². The zero-order valence-electron chi connectivity index (χ0n) is 16.6. The van der Waals surface area contributed by atoms with Gasteiger partial charge in [-0.25, -0.2) is 5.43 Å². The minimum absolute atomic E-state index is 0.212. The molecule has 0 heterocycles. The first-order valence-corrected chi connectivity index (χ1v) is 10.1. The minimum Gasteiger partial charge on any atom is -0.322 e. The van der Waals surface area contributed by atoms with Crippen LogP contribution in [0.25, 0.3) is 0 Å². The number of para-hydroxylation sites is 1. The topological polar surface area (TPSA) is 99.7 Å². The van der Waals surface area contributed by atoms with Crippen molar-refractivity contribution in [3.63, 3.8) is 0 Å². The van der Waals surface area contributed by atoms with Gasteiger partial charge in [0.1, 0.15) is 0 Å². The monoisotopic (exact) mass is 478 g/mol. The first-order chi connectivity index (χ1) is 14.9. The highest BCUT2D eigenvalue weighted by molar-refractivity contribution is 9.10. The molecule has 7 nitrogen and oxygen atoms in total. The molecule has 0 fully saturated rings. The summed E-state index contributed by atoms with van der Waals surface area (Å²) in [6.45, 7) is 1.92. The normalized spacial score (nSPS) is 10.5. The Labute approximate surface area is 187 Å². The first-order valence-electron chi connectivity index (χ1n) is 9.29. The van der Waals surface area contributed by atoms with E-state index >= 15 is 0 Å². The second-order valence-corrected chi connectivity index (χ2v) is 7.49. The van der Waals surface area contributed by atoms with Crippen LogP contribution in [0, 0.1) is 6.92 Å². The van der Waals surface area contributed by atoms with E-state index < -0.39 is 17.7 Å². The summed E-state index contributed by atoms with van der Waals surface area (Å²) < 4.78 is 0.862. The van der Waals surface area contributed by atoms with Gasteiger partial charge in [0, 0.05) is 10.2 Å². The van der Waals surface area contributed by atoms with Crippen LogP contribution in [0.1, 0.15) is 21.5 Å². The van der Waals surface area contributed by atoms with Gasteiger partial charge in [-0.3, -0.25) is 14.4 Å². The number of nitrogens with one attached hydrogen (secondary N) is 3. The number of aryl methyl sites for hydroxylation is 1. The van der Waals surface area contributed by atoms with Crippen molar-refractivity contribution < 1.29 is 14.4 Å². The van der Waals surface area contributed by atoms with E-state index in [0.29, 0.717) is 5.69 Å². The average Bonchev–Trinajstić information content (AvgIpc) is 2.74. The number of hydrazone groups is 1. The predicted molar refractivity (Wildman–Crippen MR) is 124 cm³/mol. The standard InChI is InChI=1S/C23H19BrN4O3/c1-15-6-4-9-18(12-15)26-21(29)19-10-2-3-11-20(19)27-22(30)23(31)28-25-14-16-7-5-8-17(24)13-16/h2-14H,1H3,(H,26,29)(H,27,30)(H,28,31). The number of nitrogens with zero attached hydrogens (tertiary/aromatic N) is 1. The molecule has 0 aliphatic rings. The molecule has 0 bridgehead atoms. The van der Waals surface area contributed by atoms with Crippen molar-refractivity contribution in [3.05, 3.63) is 94.0 Å². The Kier molecular flexibility index (Phi) is 7.29. The summed E-state index contributed by atoms with van der Waals surface area (Å²) in [6, 6.07) is 21.0. The number of halogens is 1. The van der Waals surface area contributed by atoms with Gasteiger partial charge >= 0.3 is 11.8 Å². The van der Waals surface area contributed by atoms with Crippen molar-refractivity contribution in [2.75, 3.05) is 10.6 Å². The van der Waals surface area contributed by atoms with Crippen LogP contribution in [0.2, 0.25) is 0 Å². The van der Waals surface area contributed by atoms with Gasteiger partial charge in [-0.1, -0.05) is 52.3 Å². The molecule has 156 valence electrons. The van der Waals surface area contributed by atoms with Crippen molar-refractivity contribution in [1.29, 1.82) is 0 Å². The summed E-state index contributed by atoms with van der Waals surface area (Å²) in [5, 5.41) is 9.02. The summed E-state index contributed by atoms with van der Waals surface area (Å²) in [4.78, 5) is 37.0. The Morgan fingerprint density at radius 1 is 0.871 bits per heavy atom. The zero-order valence-corrected chi connectivity index (χ0v) is 18.1. The second-order valence-electron chi connectivity index (χ2n) is 6.58. The van der Waals surface area contributed by atoms with Crippen LogP contribution in [0.3, 0.4) is 0 Å². The number of carbonyl (C=O) groups excluding carboxylic acids is 3. The van der Waals surface area contributed by atoms with Crippen molar-refractivity contribution in [3.8, 4) is 0 Å². The Hall–Kier alpha value is -3.78. The number of rotatable bonds is 5. The summed E-state index contributed by atoms with van der Waals surface area (Å²) >= 11 is 3.34. The lowest BCUT2D eigenvalue weighted by Crippen LogP contribution is -2.33. The van der Waals surface area contributed by atoms with Crippen LogP contribution < -0.4 is 16.1 Å². The molecule has 3 amide bonds. The smallest absolute Gasteiger partial charge is 0.322 e. The Morgan fingerprint density at radius 3 is 2.42 bits per heavy atom. The van der Waals surface area contributed by atoms with Gasteiger partial charge in [0.05, 0.1) is 17.5 Å². The molecule has 0 aliphatic heterocycles. The molecule has 0 unspecified atom stereocenters. The van der Waals surface area contributed by atoms with E-state index in [1.54, 1.807) is 42.5 Å². The zero-order chi connectivity index (χ0) is 22.2. The number of hydrogen-bond acceptors (Lipinski definition) is 4. The number of amides is 3. The molecule has 0 saturated heterocycles. The van der Waals surface area contributed by atoms with Crippen molar-refractivity contribution in [2.24, 2.45) is 5.10 Å². The minimum atomic E-state index is -0.958. The third kappa shape index (κ3) is 6.35. The predicted octanol–water partition coefficient (Wildman–Crippen LogP) is 4.10.